The van der Waals surface area contributed by atoms with E-state index in [1.165, 1.54) is 11.4 Å². The van der Waals surface area contributed by atoms with E-state index in [9.17, 15) is 8.42 Å². The lowest BCUT2D eigenvalue weighted by atomic mass is 10.2. The van der Waals surface area contributed by atoms with E-state index in [4.69, 9.17) is 10.5 Å². The van der Waals surface area contributed by atoms with Crippen LogP contribution >= 0.6 is 0 Å². The van der Waals surface area contributed by atoms with Gasteiger partial charge >= 0.3 is 0 Å². The maximum Gasteiger partial charge on any atom is 0.246 e. The molecule has 0 radical (unpaired) electrons. The van der Waals surface area contributed by atoms with Gasteiger partial charge in [-0.15, -0.1) is 6.58 Å². The molecule has 0 spiro atoms. The molecule has 0 aromatic heterocycles. The molecule has 0 amide bonds. The van der Waals surface area contributed by atoms with Gasteiger partial charge in [-0.25, -0.2) is 12.7 Å². The van der Waals surface area contributed by atoms with Crippen LogP contribution in [0, 0.1) is 0 Å². The summed E-state index contributed by atoms with van der Waals surface area (Å²) in [5.74, 6) is 0.331. The third kappa shape index (κ3) is 3.82. The predicted octanol–water partition coefficient (Wildman–Crippen LogP) is 1.74. The highest BCUT2D eigenvalue weighted by Gasteiger charge is 2.24. The van der Waals surface area contributed by atoms with E-state index < -0.39 is 10.0 Å². The van der Waals surface area contributed by atoms with Gasteiger partial charge < -0.3 is 10.5 Å². The monoisotopic (exact) mass is 298 g/mol. The largest absolute Gasteiger partial charge is 0.495 e. The van der Waals surface area contributed by atoms with E-state index in [2.05, 4.69) is 6.58 Å². The zero-order valence-corrected chi connectivity index (χ0v) is 12.8. The van der Waals surface area contributed by atoms with Crippen LogP contribution < -0.4 is 10.5 Å². The minimum atomic E-state index is -3.58. The van der Waals surface area contributed by atoms with Crippen molar-refractivity contribution in [3.8, 4) is 5.75 Å². The van der Waals surface area contributed by atoms with Gasteiger partial charge in [-0.2, -0.15) is 0 Å². The highest BCUT2D eigenvalue weighted by atomic mass is 32.2. The molecule has 5 nitrogen and oxygen atoms in total. The second kappa shape index (κ2) is 7.42. The van der Waals surface area contributed by atoms with Gasteiger partial charge in [0.2, 0.25) is 10.0 Å². The predicted molar refractivity (Wildman–Crippen MR) is 80.1 cm³/mol. The molecule has 0 aliphatic heterocycles. The summed E-state index contributed by atoms with van der Waals surface area (Å²) in [5, 5.41) is 0. The van der Waals surface area contributed by atoms with Gasteiger partial charge in [-0.05, 0) is 30.5 Å². The maximum atomic E-state index is 12.6. The molecule has 0 heterocycles. The summed E-state index contributed by atoms with van der Waals surface area (Å²) in [6, 6.07) is 4.96. The lowest BCUT2D eigenvalue weighted by molar-refractivity contribution is 0.397. The number of hydrogen-bond acceptors (Lipinski definition) is 4. The molecule has 0 aliphatic rings. The summed E-state index contributed by atoms with van der Waals surface area (Å²) in [5.41, 5.74) is 6.32. The normalized spacial score (nSPS) is 11.6. The van der Waals surface area contributed by atoms with Gasteiger partial charge in [-0.3, -0.25) is 0 Å². The van der Waals surface area contributed by atoms with Crippen LogP contribution in [0.3, 0.4) is 0 Å². The Balaban J connectivity index is 3.09. The van der Waals surface area contributed by atoms with Gasteiger partial charge in [0.05, 0.1) is 7.11 Å². The van der Waals surface area contributed by atoms with Crippen molar-refractivity contribution in [1.82, 2.24) is 4.31 Å². The molecule has 1 rings (SSSR count). The van der Waals surface area contributed by atoms with Crippen molar-refractivity contribution < 1.29 is 13.2 Å². The molecule has 0 unspecified atom stereocenters. The van der Waals surface area contributed by atoms with Gasteiger partial charge in [0, 0.05) is 20.1 Å². The maximum absolute atomic E-state index is 12.6. The van der Waals surface area contributed by atoms with Gasteiger partial charge in [-0.1, -0.05) is 12.1 Å². The topological polar surface area (TPSA) is 72.6 Å². The van der Waals surface area contributed by atoms with Crippen LogP contribution in [0.2, 0.25) is 0 Å². The molecule has 0 atom stereocenters. The van der Waals surface area contributed by atoms with Crippen molar-refractivity contribution in [1.29, 1.82) is 0 Å². The number of nitrogens with two attached hydrogens (primary N) is 1. The SMILES string of the molecule is C=CCCCN(C)S(=O)(=O)c1cc(CN)ccc1OC. The Labute approximate surface area is 121 Å². The first-order chi connectivity index (χ1) is 9.47. The van der Waals surface area contributed by atoms with Gasteiger partial charge in [0.25, 0.3) is 0 Å². The molecule has 2 N–H and O–H groups in total. The Morgan fingerprint density at radius 2 is 2.15 bits per heavy atom. The summed E-state index contributed by atoms with van der Waals surface area (Å²) < 4.78 is 31.6. The number of sulfonamides is 1. The Bertz CT molecular complexity index is 556. The smallest absolute Gasteiger partial charge is 0.246 e. The van der Waals surface area contributed by atoms with Crippen molar-refractivity contribution in [3.63, 3.8) is 0 Å². The molecule has 0 saturated carbocycles. The number of unbranched alkanes of at least 4 members (excludes halogenated alkanes) is 1. The molecule has 20 heavy (non-hydrogen) atoms. The molecule has 6 heteroatoms. The van der Waals surface area contributed by atoms with Crippen LogP contribution in [-0.2, 0) is 16.6 Å². The summed E-state index contributed by atoms with van der Waals surface area (Å²) in [6.07, 6.45) is 3.29. The van der Waals surface area contributed by atoms with Crippen LogP contribution in [0.5, 0.6) is 5.75 Å². The highest BCUT2D eigenvalue weighted by molar-refractivity contribution is 7.89. The van der Waals surface area contributed by atoms with E-state index >= 15 is 0 Å². The number of allylic oxidation sites excluding steroid dienone is 1. The molecule has 1 aromatic rings. The highest BCUT2D eigenvalue weighted by Crippen LogP contribution is 2.27. The lowest BCUT2D eigenvalue weighted by Gasteiger charge is -2.19. The molecule has 1 aromatic carbocycles. The average molecular weight is 298 g/mol. The molecule has 0 aliphatic carbocycles. The zero-order chi connectivity index (χ0) is 15.2. The Hall–Kier alpha value is -1.37. The Morgan fingerprint density at radius 3 is 2.70 bits per heavy atom. The number of rotatable bonds is 8. The number of ether oxygens (including phenoxy) is 1. The standard InChI is InChI=1S/C14H22N2O3S/c1-4-5-6-9-16(2)20(17,18)14-10-12(11-15)7-8-13(14)19-3/h4,7-8,10H,1,5-6,9,11,15H2,2-3H3. The van der Waals surface area contributed by atoms with E-state index in [1.54, 1.807) is 31.3 Å². The van der Waals surface area contributed by atoms with E-state index in [1.807, 2.05) is 0 Å². The quantitative estimate of drug-likeness (QED) is 0.586. The second-order valence-corrected chi connectivity index (χ2v) is 6.46. The molecule has 0 bridgehead atoms. The van der Waals surface area contributed by atoms with E-state index in [0.29, 0.717) is 12.3 Å². The van der Waals surface area contributed by atoms with Crippen molar-refractivity contribution in [2.45, 2.75) is 24.3 Å². The Kier molecular flexibility index (Phi) is 6.19. The first-order valence-corrected chi connectivity index (χ1v) is 7.85. The van der Waals surface area contributed by atoms with Crippen LogP contribution in [0.15, 0.2) is 35.7 Å². The number of methoxy groups -OCH3 is 1. The minimum Gasteiger partial charge on any atom is -0.495 e. The lowest BCUT2D eigenvalue weighted by Crippen LogP contribution is -2.28. The first kappa shape index (κ1) is 16.7. The number of benzene rings is 1. The number of nitrogens with zero attached hydrogens (tertiary/aromatic N) is 1. The van der Waals surface area contributed by atoms with E-state index in [-0.39, 0.29) is 11.4 Å². The van der Waals surface area contributed by atoms with Crippen molar-refractivity contribution >= 4 is 10.0 Å². The van der Waals surface area contributed by atoms with Crippen molar-refractivity contribution in [3.05, 3.63) is 36.4 Å². The Morgan fingerprint density at radius 1 is 1.45 bits per heavy atom. The fraction of sp³-hybridized carbons (Fsp3) is 0.429. The fourth-order valence-corrected chi connectivity index (χ4v) is 3.21. The molecule has 0 saturated heterocycles. The van der Waals surface area contributed by atoms with Gasteiger partial charge in [0.15, 0.2) is 0 Å². The van der Waals surface area contributed by atoms with Crippen LogP contribution in [0.1, 0.15) is 18.4 Å². The molecular weight excluding hydrogens is 276 g/mol. The van der Waals surface area contributed by atoms with E-state index in [0.717, 1.165) is 18.4 Å². The van der Waals surface area contributed by atoms with Crippen LogP contribution in [0.25, 0.3) is 0 Å². The summed E-state index contributed by atoms with van der Waals surface area (Å²) >= 11 is 0. The summed E-state index contributed by atoms with van der Waals surface area (Å²) in [4.78, 5) is 0.157. The summed E-state index contributed by atoms with van der Waals surface area (Å²) in [6.45, 7) is 4.35. The molecule has 112 valence electrons. The van der Waals surface area contributed by atoms with Crippen LogP contribution in [-0.4, -0.2) is 33.4 Å². The third-order valence-electron chi connectivity index (χ3n) is 3.03. The third-order valence-corrected chi connectivity index (χ3v) is 4.91. The first-order valence-electron chi connectivity index (χ1n) is 6.41. The minimum absolute atomic E-state index is 0.157. The summed E-state index contributed by atoms with van der Waals surface area (Å²) in [7, 11) is -0.561. The van der Waals surface area contributed by atoms with Gasteiger partial charge in [0.1, 0.15) is 10.6 Å². The van der Waals surface area contributed by atoms with Crippen molar-refractivity contribution in [2.75, 3.05) is 20.7 Å². The average Bonchev–Trinajstić information content (AvgIpc) is 2.46. The van der Waals surface area contributed by atoms with Crippen molar-refractivity contribution in [2.24, 2.45) is 5.73 Å². The number of hydrogen-bond donors (Lipinski definition) is 1. The molecular formula is C14H22N2O3S. The fourth-order valence-electron chi connectivity index (χ4n) is 1.80. The molecule has 0 fully saturated rings. The zero-order valence-electron chi connectivity index (χ0n) is 12.0. The second-order valence-electron chi connectivity index (χ2n) is 4.45. The van der Waals surface area contributed by atoms with Crippen LogP contribution in [0.4, 0.5) is 0 Å².